The Morgan fingerprint density at radius 1 is 1.02 bits per heavy atom. The van der Waals surface area contributed by atoms with Crippen molar-refractivity contribution in [1.29, 1.82) is 0 Å². The summed E-state index contributed by atoms with van der Waals surface area (Å²) in [5, 5.41) is 20.3. The van der Waals surface area contributed by atoms with Crippen LogP contribution in [0.25, 0.3) is 0 Å². The minimum absolute atomic E-state index is 0.108. The van der Waals surface area contributed by atoms with Gasteiger partial charge in [0, 0.05) is 43.9 Å². The van der Waals surface area contributed by atoms with Gasteiger partial charge >= 0.3 is 12.1 Å². The first-order valence-corrected chi connectivity index (χ1v) is 12.7. The molecule has 1 atom stereocenters. The molecule has 0 spiro atoms. The van der Waals surface area contributed by atoms with Crippen molar-refractivity contribution in [2.75, 3.05) is 37.6 Å². The van der Waals surface area contributed by atoms with Gasteiger partial charge in [0.1, 0.15) is 17.6 Å². The number of alkyl halides is 3. The molecule has 1 fully saturated rings. The summed E-state index contributed by atoms with van der Waals surface area (Å²) in [5.41, 5.74) is -0.150. The summed E-state index contributed by atoms with van der Waals surface area (Å²) in [6.45, 7) is 5.10. The standard InChI is InChI=1S/C29H29F3N2O6/c1-17(2)6-9-24(20-15-23(37)26-21(35)7-8-22(36)27(26)28(20)39)40-25(38)16-33-10-12-34(13-11-33)19-5-3-4-18(14-19)29(30,31)32/h3-8,14-15,24,35-36H,9-13,16H2,1-2H3. The second kappa shape index (κ2) is 11.5. The number of esters is 1. The maximum atomic E-state index is 13.3. The van der Waals surface area contributed by atoms with Gasteiger partial charge in [-0.2, -0.15) is 13.2 Å². The SMILES string of the molecule is CC(C)=CCC(OC(=O)CN1CCN(c2cccc(C(F)(F)F)c2)CC1)C1=CC(=O)c2c(O)ccc(O)c2C1=O. The summed E-state index contributed by atoms with van der Waals surface area (Å²) in [4.78, 5) is 42.6. The number of aromatic hydroxyl groups is 2. The monoisotopic (exact) mass is 558 g/mol. The van der Waals surface area contributed by atoms with Crippen LogP contribution in [-0.2, 0) is 15.7 Å². The highest BCUT2D eigenvalue weighted by molar-refractivity contribution is 6.27. The molecule has 0 radical (unpaired) electrons. The van der Waals surface area contributed by atoms with E-state index in [4.69, 9.17) is 4.74 Å². The molecule has 1 saturated heterocycles. The molecule has 4 rings (SSSR count). The van der Waals surface area contributed by atoms with Crippen LogP contribution in [-0.4, -0.2) is 71.5 Å². The van der Waals surface area contributed by atoms with Crippen molar-refractivity contribution in [2.45, 2.75) is 32.5 Å². The molecule has 2 aromatic carbocycles. The number of benzene rings is 2. The van der Waals surface area contributed by atoms with Gasteiger partial charge in [0.25, 0.3) is 0 Å². The van der Waals surface area contributed by atoms with E-state index < -0.39 is 46.9 Å². The average molecular weight is 559 g/mol. The Hall–Kier alpha value is -4.12. The number of carbonyl (C=O) groups excluding carboxylic acids is 3. The zero-order chi connectivity index (χ0) is 29.2. The minimum Gasteiger partial charge on any atom is -0.507 e. The van der Waals surface area contributed by atoms with Gasteiger partial charge < -0.3 is 19.8 Å². The second-order valence-electron chi connectivity index (χ2n) is 9.95. The number of ketones is 2. The first-order valence-electron chi connectivity index (χ1n) is 12.7. The van der Waals surface area contributed by atoms with Crippen LogP contribution < -0.4 is 4.90 Å². The molecule has 2 aliphatic rings. The van der Waals surface area contributed by atoms with Crippen LogP contribution >= 0.6 is 0 Å². The molecule has 1 aliphatic carbocycles. The van der Waals surface area contributed by atoms with Gasteiger partial charge in [-0.1, -0.05) is 17.7 Å². The summed E-state index contributed by atoms with van der Waals surface area (Å²) in [6, 6.07) is 7.32. The van der Waals surface area contributed by atoms with Gasteiger partial charge in [-0.25, -0.2) is 0 Å². The smallest absolute Gasteiger partial charge is 0.416 e. The molecule has 1 heterocycles. The molecule has 2 aromatic rings. The van der Waals surface area contributed by atoms with E-state index in [1.54, 1.807) is 17.0 Å². The van der Waals surface area contributed by atoms with E-state index in [-0.39, 0.29) is 29.7 Å². The molecule has 8 nitrogen and oxygen atoms in total. The number of nitrogens with zero attached hydrogens (tertiary/aromatic N) is 2. The third kappa shape index (κ3) is 6.36. The number of ether oxygens (including phenoxy) is 1. The quantitative estimate of drug-likeness (QED) is 0.291. The maximum Gasteiger partial charge on any atom is 0.416 e. The Morgan fingerprint density at radius 2 is 1.68 bits per heavy atom. The Balaban J connectivity index is 1.44. The molecular formula is C29H29F3N2O6. The van der Waals surface area contributed by atoms with Crippen molar-refractivity contribution in [3.63, 3.8) is 0 Å². The molecule has 212 valence electrons. The van der Waals surface area contributed by atoms with Gasteiger partial charge in [0.15, 0.2) is 11.6 Å². The summed E-state index contributed by atoms with van der Waals surface area (Å²) in [7, 11) is 0. The lowest BCUT2D eigenvalue weighted by atomic mass is 9.85. The minimum atomic E-state index is -4.44. The van der Waals surface area contributed by atoms with Crippen molar-refractivity contribution >= 4 is 23.2 Å². The number of fused-ring (bicyclic) bond motifs is 1. The van der Waals surface area contributed by atoms with Crippen LogP contribution in [0.4, 0.5) is 18.9 Å². The molecule has 0 bridgehead atoms. The highest BCUT2D eigenvalue weighted by Gasteiger charge is 2.36. The van der Waals surface area contributed by atoms with E-state index in [1.165, 1.54) is 6.07 Å². The number of carbonyl (C=O) groups is 3. The topological polar surface area (TPSA) is 107 Å². The van der Waals surface area contributed by atoms with Gasteiger partial charge in [0.05, 0.1) is 23.2 Å². The van der Waals surface area contributed by atoms with E-state index >= 15 is 0 Å². The van der Waals surface area contributed by atoms with Crippen LogP contribution in [0.5, 0.6) is 11.5 Å². The number of piperazine rings is 1. The zero-order valence-electron chi connectivity index (χ0n) is 22.0. The van der Waals surface area contributed by atoms with Crippen LogP contribution in [0.15, 0.2) is 59.7 Å². The first-order chi connectivity index (χ1) is 18.8. The van der Waals surface area contributed by atoms with Crippen molar-refractivity contribution in [3.05, 3.63) is 76.4 Å². The lowest BCUT2D eigenvalue weighted by molar-refractivity contribution is -0.148. The fourth-order valence-electron chi connectivity index (χ4n) is 4.73. The van der Waals surface area contributed by atoms with Crippen LogP contribution in [0.3, 0.4) is 0 Å². The van der Waals surface area contributed by atoms with E-state index in [1.807, 2.05) is 18.7 Å². The summed E-state index contributed by atoms with van der Waals surface area (Å²) >= 11 is 0. The van der Waals surface area contributed by atoms with Crippen molar-refractivity contribution in [1.82, 2.24) is 4.90 Å². The van der Waals surface area contributed by atoms with Gasteiger partial charge in [-0.3, -0.25) is 19.3 Å². The number of allylic oxidation sites excluding steroid dienone is 2. The number of Topliss-reactive ketones (excluding diaryl/α,β-unsaturated/α-hetero) is 1. The Bertz CT molecular complexity index is 1390. The highest BCUT2D eigenvalue weighted by Crippen LogP contribution is 2.36. The number of halogens is 3. The van der Waals surface area contributed by atoms with Crippen molar-refractivity contribution < 1.29 is 42.5 Å². The molecular weight excluding hydrogens is 529 g/mol. The molecule has 0 aromatic heterocycles. The fourth-order valence-corrected chi connectivity index (χ4v) is 4.73. The number of hydrogen-bond donors (Lipinski definition) is 2. The zero-order valence-corrected chi connectivity index (χ0v) is 22.0. The second-order valence-corrected chi connectivity index (χ2v) is 9.95. The van der Waals surface area contributed by atoms with Crippen molar-refractivity contribution in [3.8, 4) is 11.5 Å². The third-order valence-electron chi connectivity index (χ3n) is 6.81. The molecule has 40 heavy (non-hydrogen) atoms. The summed E-state index contributed by atoms with van der Waals surface area (Å²) in [5.74, 6) is -2.97. The normalized spacial score (nSPS) is 16.7. The van der Waals surface area contributed by atoms with E-state index in [2.05, 4.69) is 0 Å². The Morgan fingerprint density at radius 3 is 2.30 bits per heavy atom. The molecule has 0 saturated carbocycles. The molecule has 2 N–H and O–H groups in total. The number of rotatable bonds is 7. The van der Waals surface area contributed by atoms with E-state index in [9.17, 15) is 37.8 Å². The van der Waals surface area contributed by atoms with Crippen molar-refractivity contribution in [2.24, 2.45) is 0 Å². The number of phenols is 2. The maximum absolute atomic E-state index is 13.3. The highest BCUT2D eigenvalue weighted by atomic mass is 19.4. The van der Waals surface area contributed by atoms with E-state index in [0.29, 0.717) is 31.9 Å². The molecule has 1 unspecified atom stereocenters. The van der Waals surface area contributed by atoms with Crippen LogP contribution in [0.1, 0.15) is 46.5 Å². The number of phenolic OH excluding ortho intramolecular Hbond substituents is 2. The number of hydrogen-bond acceptors (Lipinski definition) is 8. The molecule has 11 heteroatoms. The average Bonchev–Trinajstić information content (AvgIpc) is 2.90. The van der Waals surface area contributed by atoms with Gasteiger partial charge in [-0.05, 0) is 50.3 Å². The fraction of sp³-hybridized carbons (Fsp3) is 0.345. The largest absolute Gasteiger partial charge is 0.507 e. The summed E-state index contributed by atoms with van der Waals surface area (Å²) in [6.07, 6.45) is -2.67. The predicted octanol–water partition coefficient (Wildman–Crippen LogP) is 4.51. The van der Waals surface area contributed by atoms with Crippen LogP contribution in [0, 0.1) is 0 Å². The van der Waals surface area contributed by atoms with Gasteiger partial charge in [0.2, 0.25) is 0 Å². The predicted molar refractivity (Wildman–Crippen MR) is 141 cm³/mol. The number of anilines is 1. The third-order valence-corrected chi connectivity index (χ3v) is 6.81. The lowest BCUT2D eigenvalue weighted by Crippen LogP contribution is -2.48. The van der Waals surface area contributed by atoms with E-state index in [0.717, 1.165) is 35.9 Å². The molecule has 1 aliphatic heterocycles. The molecule has 0 amide bonds. The van der Waals surface area contributed by atoms with Crippen LogP contribution in [0.2, 0.25) is 0 Å². The van der Waals surface area contributed by atoms with Gasteiger partial charge in [-0.15, -0.1) is 0 Å². The Labute approximate surface area is 229 Å². The Kier molecular flexibility index (Phi) is 8.34. The lowest BCUT2D eigenvalue weighted by Gasteiger charge is -2.36. The summed E-state index contributed by atoms with van der Waals surface area (Å²) < 4.78 is 44.9. The first kappa shape index (κ1) is 28.9.